The minimum atomic E-state index is -4.61. The van der Waals surface area contributed by atoms with E-state index in [1.807, 2.05) is 25.1 Å². The molecule has 0 saturated heterocycles. The third kappa shape index (κ3) is 5.32. The Morgan fingerprint density at radius 2 is 2.06 bits per heavy atom. The van der Waals surface area contributed by atoms with Crippen LogP contribution in [-0.4, -0.2) is 53.4 Å². The van der Waals surface area contributed by atoms with Crippen LogP contribution in [-0.2, 0) is 6.18 Å². The summed E-state index contributed by atoms with van der Waals surface area (Å²) in [5, 5.41) is 13.0. The van der Waals surface area contributed by atoms with Crippen LogP contribution in [0.15, 0.2) is 41.5 Å². The number of benzene rings is 1. The smallest absolute Gasteiger partial charge is 0.418 e. The summed E-state index contributed by atoms with van der Waals surface area (Å²) in [6.45, 7) is 0.834. The van der Waals surface area contributed by atoms with E-state index >= 15 is 0 Å². The van der Waals surface area contributed by atoms with Gasteiger partial charge in [0.15, 0.2) is 10.9 Å². The fraction of sp³-hybridized carbons (Fsp3) is 0.227. The van der Waals surface area contributed by atoms with Crippen LogP contribution in [0.1, 0.15) is 16.0 Å². The maximum Gasteiger partial charge on any atom is 0.418 e. The van der Waals surface area contributed by atoms with Crippen molar-refractivity contribution in [3.63, 3.8) is 0 Å². The molecule has 172 valence electrons. The third-order valence-corrected chi connectivity index (χ3v) is 5.60. The summed E-state index contributed by atoms with van der Waals surface area (Å²) in [5.74, 6) is 0.390. The number of likely N-dealkylation sites (N-methyl/N-ethyl adjacent to an activating group) is 1. The first kappa shape index (κ1) is 22.7. The van der Waals surface area contributed by atoms with Gasteiger partial charge in [0.05, 0.1) is 16.1 Å². The maximum absolute atomic E-state index is 13.7. The molecule has 0 amide bonds. The molecular weight excluding hydrogens is 455 g/mol. The summed E-state index contributed by atoms with van der Waals surface area (Å²) < 4.78 is 46.5. The molecule has 1 aliphatic heterocycles. The summed E-state index contributed by atoms with van der Waals surface area (Å²) >= 11 is 1.02. The predicted octanol–water partition coefficient (Wildman–Crippen LogP) is 5.20. The molecule has 0 fully saturated rings. The van der Waals surface area contributed by atoms with Gasteiger partial charge in [-0.25, -0.2) is 9.98 Å². The molecule has 0 radical (unpaired) electrons. The Labute approximate surface area is 191 Å². The molecule has 4 rings (SSSR count). The molecule has 0 unspecified atom stereocenters. The second-order valence-electron chi connectivity index (χ2n) is 7.42. The van der Waals surface area contributed by atoms with Crippen LogP contribution >= 0.6 is 11.3 Å². The quantitative estimate of drug-likeness (QED) is 0.489. The lowest BCUT2D eigenvalue weighted by atomic mass is 10.1. The number of aromatic hydroxyl groups is 1. The normalized spacial score (nSPS) is 14.2. The number of anilines is 2. The van der Waals surface area contributed by atoms with Gasteiger partial charge in [-0.3, -0.25) is 0 Å². The van der Waals surface area contributed by atoms with E-state index in [4.69, 9.17) is 4.74 Å². The van der Waals surface area contributed by atoms with Gasteiger partial charge in [-0.15, -0.1) is 0 Å². The fourth-order valence-corrected chi connectivity index (χ4v) is 3.90. The van der Waals surface area contributed by atoms with E-state index in [2.05, 4.69) is 20.3 Å². The molecule has 2 aromatic heterocycles. The summed E-state index contributed by atoms with van der Waals surface area (Å²) in [6.07, 6.45) is 0.300. The highest BCUT2D eigenvalue weighted by Gasteiger charge is 2.34. The first-order chi connectivity index (χ1) is 15.7. The van der Waals surface area contributed by atoms with Crippen LogP contribution < -0.4 is 10.1 Å². The average Bonchev–Trinajstić information content (AvgIpc) is 3.31. The summed E-state index contributed by atoms with van der Waals surface area (Å²) in [6, 6.07) is 7.31. The number of alkyl halides is 3. The van der Waals surface area contributed by atoms with Gasteiger partial charge in [0.1, 0.15) is 12.4 Å². The highest BCUT2D eigenvalue weighted by atomic mass is 32.1. The summed E-state index contributed by atoms with van der Waals surface area (Å²) in [4.78, 5) is 14.6. The Kier molecular flexibility index (Phi) is 6.34. The third-order valence-electron chi connectivity index (χ3n) is 4.69. The number of fused-ring (bicyclic) bond motifs is 1. The van der Waals surface area contributed by atoms with E-state index in [1.54, 1.807) is 24.6 Å². The molecule has 0 aliphatic carbocycles. The van der Waals surface area contributed by atoms with Crippen molar-refractivity contribution in [3.8, 4) is 11.6 Å². The number of nitrogens with zero attached hydrogens (tertiary/aromatic N) is 4. The van der Waals surface area contributed by atoms with Crippen molar-refractivity contribution in [2.45, 2.75) is 6.18 Å². The van der Waals surface area contributed by atoms with Gasteiger partial charge in [0, 0.05) is 30.1 Å². The second kappa shape index (κ2) is 9.20. The highest BCUT2D eigenvalue weighted by Crippen LogP contribution is 2.41. The van der Waals surface area contributed by atoms with Crippen molar-refractivity contribution in [2.75, 3.05) is 32.6 Å². The molecule has 7 nitrogen and oxygen atoms in total. The minimum absolute atomic E-state index is 0.118. The van der Waals surface area contributed by atoms with Crippen LogP contribution in [0.2, 0.25) is 0 Å². The number of aliphatic imine (C=N–C) groups is 1. The predicted molar refractivity (Wildman–Crippen MR) is 123 cm³/mol. The van der Waals surface area contributed by atoms with Gasteiger partial charge in [0.2, 0.25) is 5.88 Å². The molecule has 33 heavy (non-hydrogen) atoms. The number of rotatable bonds is 7. The number of pyridine rings is 1. The van der Waals surface area contributed by atoms with Crippen LogP contribution in [0, 0.1) is 0 Å². The summed E-state index contributed by atoms with van der Waals surface area (Å²) in [5.41, 5.74) is 0.442. The van der Waals surface area contributed by atoms with Gasteiger partial charge in [-0.2, -0.15) is 18.2 Å². The first-order valence-electron chi connectivity index (χ1n) is 9.87. The number of thiazole rings is 1. The molecule has 1 aromatic carbocycles. The van der Waals surface area contributed by atoms with Crippen LogP contribution in [0.3, 0.4) is 0 Å². The molecule has 1 aliphatic rings. The molecule has 3 aromatic rings. The lowest BCUT2D eigenvalue weighted by molar-refractivity contribution is -0.137. The fourth-order valence-electron chi connectivity index (χ4n) is 3.07. The number of hydrogen-bond acceptors (Lipinski definition) is 8. The van der Waals surface area contributed by atoms with Gasteiger partial charge < -0.3 is 20.1 Å². The van der Waals surface area contributed by atoms with Crippen molar-refractivity contribution in [2.24, 2.45) is 4.99 Å². The van der Waals surface area contributed by atoms with Gasteiger partial charge >= 0.3 is 6.18 Å². The zero-order chi connectivity index (χ0) is 23.6. The second-order valence-corrected chi connectivity index (χ2v) is 8.45. The molecular formula is C22H20F3N5O2S. The van der Waals surface area contributed by atoms with Crippen LogP contribution in [0.5, 0.6) is 11.6 Å². The molecule has 0 bridgehead atoms. The number of aromatic nitrogens is 2. The number of nitrogens with one attached hydrogen (secondary N) is 1. The molecule has 3 heterocycles. The van der Waals surface area contributed by atoms with Crippen LogP contribution in [0.25, 0.3) is 11.6 Å². The van der Waals surface area contributed by atoms with Crippen molar-refractivity contribution < 1.29 is 23.0 Å². The van der Waals surface area contributed by atoms with E-state index in [0.29, 0.717) is 17.2 Å². The van der Waals surface area contributed by atoms with E-state index in [1.165, 1.54) is 12.1 Å². The Morgan fingerprint density at radius 1 is 1.24 bits per heavy atom. The molecule has 0 spiro atoms. The lowest BCUT2D eigenvalue weighted by Crippen LogP contribution is -2.19. The largest absolute Gasteiger partial charge is 0.492 e. The zero-order valence-electron chi connectivity index (χ0n) is 17.7. The Morgan fingerprint density at radius 3 is 2.82 bits per heavy atom. The van der Waals surface area contributed by atoms with Gasteiger partial charge in [-0.1, -0.05) is 11.3 Å². The van der Waals surface area contributed by atoms with Crippen molar-refractivity contribution in [3.05, 3.63) is 52.5 Å². The Balaban J connectivity index is 1.57. The Hall–Kier alpha value is -3.44. The van der Waals surface area contributed by atoms with Crippen molar-refractivity contribution >= 4 is 45.8 Å². The topological polar surface area (TPSA) is 82.9 Å². The number of ether oxygens (including phenoxy) is 1. The SMILES string of the molecule is CN(C)CCOc1ccc(Nc2nc(O)c(C=C3C=Nc4ncccc43)s2)c(C(F)(F)F)c1. The lowest BCUT2D eigenvalue weighted by Gasteiger charge is -2.16. The van der Waals surface area contributed by atoms with Crippen molar-refractivity contribution in [1.82, 2.24) is 14.9 Å². The number of allylic oxidation sites excluding steroid dienone is 1. The molecule has 0 atom stereocenters. The first-order valence-corrected chi connectivity index (χ1v) is 10.7. The van der Waals surface area contributed by atoms with Crippen LogP contribution in [0.4, 0.5) is 29.8 Å². The van der Waals surface area contributed by atoms with Crippen molar-refractivity contribution in [1.29, 1.82) is 0 Å². The van der Waals surface area contributed by atoms with E-state index < -0.39 is 11.7 Å². The minimum Gasteiger partial charge on any atom is -0.492 e. The van der Waals surface area contributed by atoms with E-state index in [9.17, 15) is 18.3 Å². The standard InChI is InChI=1S/C22H20F3N5O2S/c1-30(2)8-9-32-14-5-6-17(16(11-14)22(23,24)25)28-21-29-20(31)18(33-21)10-13-12-27-19-15(13)4-3-7-26-19/h3-7,10-12,31H,8-9H2,1-2H3,(H,28,29). The average molecular weight is 475 g/mol. The monoisotopic (exact) mass is 475 g/mol. The molecule has 2 N–H and O–H groups in total. The number of halogens is 3. The maximum atomic E-state index is 13.7. The summed E-state index contributed by atoms with van der Waals surface area (Å²) in [7, 11) is 3.70. The molecule has 0 saturated carbocycles. The highest BCUT2D eigenvalue weighted by molar-refractivity contribution is 7.16. The Bertz CT molecular complexity index is 1220. The van der Waals surface area contributed by atoms with Gasteiger partial charge in [-0.05, 0) is 50.5 Å². The molecule has 11 heteroatoms. The number of hydrogen-bond donors (Lipinski definition) is 2. The van der Waals surface area contributed by atoms with Gasteiger partial charge in [0.25, 0.3) is 0 Å². The van der Waals surface area contributed by atoms with E-state index in [-0.39, 0.29) is 29.1 Å². The van der Waals surface area contributed by atoms with E-state index in [0.717, 1.165) is 28.5 Å². The zero-order valence-corrected chi connectivity index (χ0v) is 18.5.